The zero-order chi connectivity index (χ0) is 17.2. The fourth-order valence-corrected chi connectivity index (χ4v) is 4.14. The van der Waals surface area contributed by atoms with E-state index in [1.165, 1.54) is 12.1 Å². The summed E-state index contributed by atoms with van der Waals surface area (Å²) >= 11 is 0. The SMILES string of the molecule is CC1=Nc2ccc3c(S(=O)(=O)O)cc(S(=O)(=O)O)cc3c2C1C. The highest BCUT2D eigenvalue weighted by Gasteiger charge is 2.27. The van der Waals surface area contributed by atoms with Crippen molar-refractivity contribution in [3.05, 3.63) is 29.8 Å². The summed E-state index contributed by atoms with van der Waals surface area (Å²) in [7, 11) is -9.31. The van der Waals surface area contributed by atoms with Crippen molar-refractivity contribution in [2.75, 3.05) is 0 Å². The molecule has 23 heavy (non-hydrogen) atoms. The van der Waals surface area contributed by atoms with E-state index in [2.05, 4.69) is 4.99 Å². The fraction of sp³-hybridized carbons (Fsp3) is 0.214. The van der Waals surface area contributed by atoms with Gasteiger partial charge in [-0.05, 0) is 36.1 Å². The van der Waals surface area contributed by atoms with Crippen molar-refractivity contribution in [2.24, 2.45) is 4.99 Å². The molecule has 2 aromatic rings. The number of hydrogen-bond acceptors (Lipinski definition) is 5. The number of nitrogens with zero attached hydrogens (tertiary/aromatic N) is 1. The molecule has 1 aliphatic rings. The van der Waals surface area contributed by atoms with Crippen molar-refractivity contribution in [2.45, 2.75) is 29.6 Å². The van der Waals surface area contributed by atoms with Crippen molar-refractivity contribution in [1.29, 1.82) is 0 Å². The Kier molecular flexibility index (Phi) is 3.38. The van der Waals surface area contributed by atoms with Gasteiger partial charge in [0.15, 0.2) is 0 Å². The minimum Gasteiger partial charge on any atom is -0.282 e. The van der Waals surface area contributed by atoms with Crippen molar-refractivity contribution in [1.82, 2.24) is 0 Å². The molecule has 1 aliphatic heterocycles. The molecule has 7 nitrogen and oxygen atoms in total. The Labute approximate surface area is 133 Å². The Morgan fingerprint density at radius 1 is 1.00 bits per heavy atom. The molecule has 2 N–H and O–H groups in total. The normalized spacial score (nSPS) is 18.1. The van der Waals surface area contributed by atoms with Crippen molar-refractivity contribution >= 4 is 42.4 Å². The lowest BCUT2D eigenvalue weighted by atomic mass is 9.93. The molecule has 0 fully saturated rings. The van der Waals surface area contributed by atoms with Crippen LogP contribution in [0.15, 0.2) is 39.0 Å². The summed E-state index contributed by atoms with van der Waals surface area (Å²) in [6, 6.07) is 5.02. The molecule has 0 aromatic heterocycles. The maximum absolute atomic E-state index is 11.6. The summed E-state index contributed by atoms with van der Waals surface area (Å²) in [6.45, 7) is 3.67. The van der Waals surface area contributed by atoms with E-state index in [4.69, 9.17) is 0 Å². The number of aliphatic imine (C=N–C) groups is 1. The molecule has 1 heterocycles. The summed E-state index contributed by atoms with van der Waals surface area (Å²) in [6.07, 6.45) is 0. The fourth-order valence-electron chi connectivity index (χ4n) is 2.80. The van der Waals surface area contributed by atoms with Gasteiger partial charge in [0, 0.05) is 17.0 Å². The molecule has 0 radical (unpaired) electrons. The minimum atomic E-state index is -4.67. The third-order valence-corrected chi connectivity index (χ3v) is 5.75. The highest BCUT2D eigenvalue weighted by Crippen LogP contribution is 2.42. The maximum atomic E-state index is 11.6. The van der Waals surface area contributed by atoms with Crippen LogP contribution in [0.4, 0.5) is 5.69 Å². The highest BCUT2D eigenvalue weighted by molar-refractivity contribution is 7.86. The van der Waals surface area contributed by atoms with E-state index >= 15 is 0 Å². The lowest BCUT2D eigenvalue weighted by Crippen LogP contribution is -2.06. The van der Waals surface area contributed by atoms with Crippen LogP contribution in [0, 0.1) is 0 Å². The zero-order valence-corrected chi connectivity index (χ0v) is 13.8. The predicted molar refractivity (Wildman–Crippen MR) is 84.8 cm³/mol. The van der Waals surface area contributed by atoms with Crippen LogP contribution in [-0.4, -0.2) is 31.7 Å². The Morgan fingerprint density at radius 2 is 1.65 bits per heavy atom. The smallest absolute Gasteiger partial charge is 0.282 e. The molecule has 2 aromatic carbocycles. The van der Waals surface area contributed by atoms with Gasteiger partial charge in [0.2, 0.25) is 0 Å². The molecular weight excluding hydrogens is 342 g/mol. The first-order valence-corrected chi connectivity index (χ1v) is 9.49. The summed E-state index contributed by atoms with van der Waals surface area (Å²) in [5.74, 6) is -0.139. The molecule has 1 atom stereocenters. The molecule has 0 saturated heterocycles. The summed E-state index contributed by atoms with van der Waals surface area (Å²) in [5.41, 5.74) is 2.07. The van der Waals surface area contributed by atoms with Crippen LogP contribution >= 0.6 is 0 Å². The quantitative estimate of drug-likeness (QED) is 0.799. The molecule has 3 rings (SSSR count). The van der Waals surface area contributed by atoms with Gasteiger partial charge in [-0.3, -0.25) is 14.1 Å². The second-order valence-electron chi connectivity index (χ2n) is 5.44. The Hall–Kier alpha value is -1.81. The van der Waals surface area contributed by atoms with Gasteiger partial charge in [0.1, 0.15) is 4.90 Å². The first-order valence-electron chi connectivity index (χ1n) is 6.61. The van der Waals surface area contributed by atoms with E-state index in [-0.39, 0.29) is 11.3 Å². The van der Waals surface area contributed by atoms with E-state index in [9.17, 15) is 25.9 Å². The average molecular weight is 355 g/mol. The molecule has 122 valence electrons. The molecule has 0 amide bonds. The Bertz CT molecular complexity index is 1080. The van der Waals surface area contributed by atoms with Gasteiger partial charge in [-0.1, -0.05) is 13.0 Å². The molecule has 0 aliphatic carbocycles. The van der Waals surface area contributed by atoms with Crippen LogP contribution in [0.25, 0.3) is 10.8 Å². The first-order chi connectivity index (χ1) is 10.5. The monoisotopic (exact) mass is 355 g/mol. The third kappa shape index (κ3) is 2.55. The average Bonchev–Trinajstić information content (AvgIpc) is 2.71. The molecule has 1 unspecified atom stereocenters. The second-order valence-corrected chi connectivity index (χ2v) is 8.25. The van der Waals surface area contributed by atoms with Gasteiger partial charge in [-0.15, -0.1) is 0 Å². The van der Waals surface area contributed by atoms with Crippen molar-refractivity contribution in [3.8, 4) is 0 Å². The van der Waals surface area contributed by atoms with Crippen LogP contribution in [0.5, 0.6) is 0 Å². The third-order valence-electron chi connectivity index (χ3n) is 4.02. The van der Waals surface area contributed by atoms with E-state index in [1.54, 1.807) is 6.07 Å². The largest absolute Gasteiger partial charge is 0.295 e. The van der Waals surface area contributed by atoms with Crippen LogP contribution in [-0.2, 0) is 20.2 Å². The lowest BCUT2D eigenvalue weighted by molar-refractivity contribution is 0.482. The zero-order valence-electron chi connectivity index (χ0n) is 12.2. The standard InChI is InChI=1S/C14H13NO6S2/c1-7-8(2)15-12-4-3-10-11(14(7)12)5-9(22(16,17)18)6-13(10)23(19,20)21/h3-7H,1-2H3,(H,16,17,18)(H,19,20,21). The highest BCUT2D eigenvalue weighted by atomic mass is 32.2. The predicted octanol–water partition coefficient (Wildman–Crippen LogP) is 2.54. The number of benzene rings is 2. The topological polar surface area (TPSA) is 121 Å². The van der Waals surface area contributed by atoms with Crippen LogP contribution in [0.1, 0.15) is 25.3 Å². The molecular formula is C14H13NO6S2. The van der Waals surface area contributed by atoms with E-state index in [0.29, 0.717) is 16.6 Å². The molecule has 9 heteroatoms. The Balaban J connectivity index is 2.53. The van der Waals surface area contributed by atoms with Crippen LogP contribution < -0.4 is 0 Å². The minimum absolute atomic E-state index is 0.139. The van der Waals surface area contributed by atoms with Gasteiger partial charge in [0.05, 0.1) is 10.6 Å². The summed E-state index contributed by atoms with van der Waals surface area (Å²) in [4.78, 5) is 3.20. The van der Waals surface area contributed by atoms with Gasteiger partial charge in [0.25, 0.3) is 20.2 Å². The van der Waals surface area contributed by atoms with Gasteiger partial charge >= 0.3 is 0 Å². The van der Waals surface area contributed by atoms with E-state index in [1.807, 2.05) is 13.8 Å². The number of hydrogen-bond donors (Lipinski definition) is 2. The van der Waals surface area contributed by atoms with E-state index in [0.717, 1.165) is 11.8 Å². The molecule has 0 bridgehead atoms. The van der Waals surface area contributed by atoms with Crippen LogP contribution in [0.2, 0.25) is 0 Å². The van der Waals surface area contributed by atoms with Crippen molar-refractivity contribution in [3.63, 3.8) is 0 Å². The van der Waals surface area contributed by atoms with Gasteiger partial charge < -0.3 is 0 Å². The van der Waals surface area contributed by atoms with Crippen molar-refractivity contribution < 1.29 is 25.9 Å². The molecule has 0 saturated carbocycles. The van der Waals surface area contributed by atoms with E-state index < -0.39 is 30.0 Å². The van der Waals surface area contributed by atoms with Crippen LogP contribution in [0.3, 0.4) is 0 Å². The summed E-state index contributed by atoms with van der Waals surface area (Å²) in [5, 5.41) is 0.494. The number of fused-ring (bicyclic) bond motifs is 3. The number of rotatable bonds is 2. The lowest BCUT2D eigenvalue weighted by Gasteiger charge is -2.13. The maximum Gasteiger partial charge on any atom is 0.295 e. The first kappa shape index (κ1) is 16.1. The Morgan fingerprint density at radius 3 is 2.22 bits per heavy atom. The molecule has 0 spiro atoms. The van der Waals surface area contributed by atoms with Gasteiger partial charge in [-0.2, -0.15) is 16.8 Å². The summed E-state index contributed by atoms with van der Waals surface area (Å²) < 4.78 is 64.8. The second kappa shape index (κ2) is 4.84. The van der Waals surface area contributed by atoms with Gasteiger partial charge in [-0.25, -0.2) is 0 Å².